The summed E-state index contributed by atoms with van der Waals surface area (Å²) in [4.78, 5) is 0. The third-order valence-electron chi connectivity index (χ3n) is 3.51. The molecule has 1 saturated carbocycles. The summed E-state index contributed by atoms with van der Waals surface area (Å²) in [5, 5.41) is 12.3. The fourth-order valence-electron chi connectivity index (χ4n) is 2.23. The van der Waals surface area contributed by atoms with Gasteiger partial charge in [0.2, 0.25) is 0 Å². The molecule has 3 atom stereocenters. The standard InChI is InChI=1S/C10H18N2/c1-8-5-4-6-10(7-11,12-3)9(8)2/h8-9,12H,4-6H2,1-3H3. The van der Waals surface area contributed by atoms with Crippen LogP contribution in [0.3, 0.4) is 0 Å². The molecule has 1 fully saturated rings. The monoisotopic (exact) mass is 166 g/mol. The van der Waals surface area contributed by atoms with Crippen LogP contribution in [0.1, 0.15) is 33.1 Å². The highest BCUT2D eigenvalue weighted by Crippen LogP contribution is 2.36. The fourth-order valence-corrected chi connectivity index (χ4v) is 2.23. The van der Waals surface area contributed by atoms with Crippen LogP contribution in [0.2, 0.25) is 0 Å². The van der Waals surface area contributed by atoms with Gasteiger partial charge in [0, 0.05) is 0 Å². The minimum absolute atomic E-state index is 0.252. The summed E-state index contributed by atoms with van der Waals surface area (Å²) in [6, 6.07) is 2.44. The zero-order valence-electron chi connectivity index (χ0n) is 8.22. The number of hydrogen-bond acceptors (Lipinski definition) is 2. The van der Waals surface area contributed by atoms with Gasteiger partial charge in [-0.05, 0) is 25.3 Å². The van der Waals surface area contributed by atoms with Gasteiger partial charge in [-0.1, -0.05) is 26.7 Å². The summed E-state index contributed by atoms with van der Waals surface area (Å²) >= 11 is 0. The van der Waals surface area contributed by atoms with Gasteiger partial charge in [0.1, 0.15) is 5.54 Å². The number of hydrogen-bond donors (Lipinski definition) is 1. The highest BCUT2D eigenvalue weighted by Gasteiger charge is 2.40. The van der Waals surface area contributed by atoms with Gasteiger partial charge in [0.05, 0.1) is 6.07 Å². The molecule has 0 amide bonds. The molecule has 0 spiro atoms. The van der Waals surface area contributed by atoms with Crippen molar-refractivity contribution in [3.05, 3.63) is 0 Å². The van der Waals surface area contributed by atoms with Crippen molar-refractivity contribution in [2.45, 2.75) is 38.6 Å². The van der Waals surface area contributed by atoms with E-state index in [9.17, 15) is 0 Å². The van der Waals surface area contributed by atoms with Crippen molar-refractivity contribution in [3.8, 4) is 6.07 Å². The van der Waals surface area contributed by atoms with Crippen LogP contribution in [0.25, 0.3) is 0 Å². The van der Waals surface area contributed by atoms with Crippen molar-refractivity contribution in [2.75, 3.05) is 7.05 Å². The summed E-state index contributed by atoms with van der Waals surface area (Å²) in [6.45, 7) is 4.43. The van der Waals surface area contributed by atoms with E-state index >= 15 is 0 Å². The van der Waals surface area contributed by atoms with Gasteiger partial charge in [-0.25, -0.2) is 0 Å². The minimum Gasteiger partial charge on any atom is -0.302 e. The molecule has 0 aromatic carbocycles. The average molecular weight is 166 g/mol. The Morgan fingerprint density at radius 3 is 2.58 bits per heavy atom. The second-order valence-electron chi connectivity index (χ2n) is 3.99. The first-order chi connectivity index (χ1) is 5.66. The summed E-state index contributed by atoms with van der Waals surface area (Å²) in [6.07, 6.45) is 3.46. The lowest BCUT2D eigenvalue weighted by atomic mass is 9.69. The van der Waals surface area contributed by atoms with Gasteiger partial charge >= 0.3 is 0 Å². The Hall–Kier alpha value is -0.550. The van der Waals surface area contributed by atoms with E-state index in [1.165, 1.54) is 12.8 Å². The quantitative estimate of drug-likeness (QED) is 0.646. The number of nitrogens with zero attached hydrogens (tertiary/aromatic N) is 1. The first kappa shape index (κ1) is 9.54. The Labute approximate surface area is 75.0 Å². The van der Waals surface area contributed by atoms with Crippen LogP contribution in [0, 0.1) is 23.2 Å². The molecule has 3 unspecified atom stereocenters. The van der Waals surface area contributed by atoms with E-state index in [0.29, 0.717) is 11.8 Å². The molecule has 0 heterocycles. The lowest BCUT2D eigenvalue weighted by Crippen LogP contribution is -2.51. The van der Waals surface area contributed by atoms with E-state index < -0.39 is 0 Å². The number of nitriles is 1. The predicted molar refractivity (Wildman–Crippen MR) is 49.6 cm³/mol. The summed E-state index contributed by atoms with van der Waals surface area (Å²) in [7, 11) is 1.90. The molecule has 0 bridgehead atoms. The van der Waals surface area contributed by atoms with Crippen LogP contribution < -0.4 is 5.32 Å². The molecule has 1 aliphatic rings. The first-order valence-corrected chi connectivity index (χ1v) is 4.76. The van der Waals surface area contributed by atoms with Crippen molar-refractivity contribution in [3.63, 3.8) is 0 Å². The SMILES string of the molecule is CNC1(C#N)CCCC(C)C1C. The van der Waals surface area contributed by atoms with Crippen LogP contribution in [0.4, 0.5) is 0 Å². The largest absolute Gasteiger partial charge is 0.302 e. The molecule has 68 valence electrons. The van der Waals surface area contributed by atoms with E-state index in [0.717, 1.165) is 6.42 Å². The van der Waals surface area contributed by atoms with Crippen LogP contribution in [-0.4, -0.2) is 12.6 Å². The molecule has 1 N–H and O–H groups in total. The van der Waals surface area contributed by atoms with Gasteiger partial charge in [0.15, 0.2) is 0 Å². The molecular formula is C10H18N2. The van der Waals surface area contributed by atoms with Gasteiger partial charge in [0.25, 0.3) is 0 Å². The highest BCUT2D eigenvalue weighted by molar-refractivity contribution is 5.12. The summed E-state index contributed by atoms with van der Waals surface area (Å²) < 4.78 is 0. The highest BCUT2D eigenvalue weighted by atomic mass is 15.0. The molecule has 12 heavy (non-hydrogen) atoms. The van der Waals surface area contributed by atoms with E-state index in [-0.39, 0.29) is 5.54 Å². The second kappa shape index (κ2) is 3.45. The lowest BCUT2D eigenvalue weighted by Gasteiger charge is -2.40. The van der Waals surface area contributed by atoms with Crippen molar-refractivity contribution < 1.29 is 0 Å². The molecule has 1 rings (SSSR count). The Morgan fingerprint density at radius 2 is 2.17 bits per heavy atom. The van der Waals surface area contributed by atoms with Crippen LogP contribution in [-0.2, 0) is 0 Å². The Bertz CT molecular complexity index is 195. The summed E-state index contributed by atoms with van der Waals surface area (Å²) in [5.41, 5.74) is -0.252. The third kappa shape index (κ3) is 1.34. The van der Waals surface area contributed by atoms with Gasteiger partial charge < -0.3 is 5.32 Å². The normalized spacial score (nSPS) is 42.2. The predicted octanol–water partition coefficient (Wildman–Crippen LogP) is 1.92. The van der Waals surface area contributed by atoms with Crippen molar-refractivity contribution in [1.29, 1.82) is 5.26 Å². The maximum atomic E-state index is 9.12. The lowest BCUT2D eigenvalue weighted by molar-refractivity contribution is 0.161. The number of rotatable bonds is 1. The minimum atomic E-state index is -0.252. The molecule has 0 radical (unpaired) electrons. The average Bonchev–Trinajstić information content (AvgIpc) is 2.11. The maximum absolute atomic E-state index is 9.12. The van der Waals surface area contributed by atoms with Crippen LogP contribution in [0.5, 0.6) is 0 Å². The molecule has 2 heteroatoms. The van der Waals surface area contributed by atoms with Crippen molar-refractivity contribution >= 4 is 0 Å². The van der Waals surface area contributed by atoms with Crippen molar-refractivity contribution in [1.82, 2.24) is 5.32 Å². The van der Waals surface area contributed by atoms with E-state index in [2.05, 4.69) is 25.2 Å². The zero-order chi connectivity index (χ0) is 9.19. The second-order valence-corrected chi connectivity index (χ2v) is 3.99. The maximum Gasteiger partial charge on any atom is 0.109 e. The Kier molecular flexibility index (Phi) is 2.74. The third-order valence-corrected chi connectivity index (χ3v) is 3.51. The smallest absolute Gasteiger partial charge is 0.109 e. The summed E-state index contributed by atoms with van der Waals surface area (Å²) in [5.74, 6) is 1.15. The molecular weight excluding hydrogens is 148 g/mol. The van der Waals surface area contributed by atoms with Gasteiger partial charge in [-0.2, -0.15) is 5.26 Å². The topological polar surface area (TPSA) is 35.8 Å². The first-order valence-electron chi connectivity index (χ1n) is 4.76. The van der Waals surface area contributed by atoms with E-state index in [4.69, 9.17) is 5.26 Å². The molecule has 0 aromatic rings. The molecule has 0 aliphatic heterocycles. The van der Waals surface area contributed by atoms with Gasteiger partial charge in [-0.15, -0.1) is 0 Å². The molecule has 0 saturated heterocycles. The zero-order valence-corrected chi connectivity index (χ0v) is 8.22. The Morgan fingerprint density at radius 1 is 1.50 bits per heavy atom. The number of nitrogens with one attached hydrogen (secondary N) is 1. The van der Waals surface area contributed by atoms with E-state index in [1.807, 2.05) is 7.05 Å². The van der Waals surface area contributed by atoms with Crippen molar-refractivity contribution in [2.24, 2.45) is 11.8 Å². The van der Waals surface area contributed by atoms with Gasteiger partial charge in [-0.3, -0.25) is 0 Å². The Balaban J connectivity index is 2.81. The molecule has 1 aliphatic carbocycles. The molecule has 0 aromatic heterocycles. The molecule has 2 nitrogen and oxygen atoms in total. The fraction of sp³-hybridized carbons (Fsp3) is 0.900. The van der Waals surface area contributed by atoms with E-state index in [1.54, 1.807) is 0 Å². The van der Waals surface area contributed by atoms with Crippen LogP contribution in [0.15, 0.2) is 0 Å². The van der Waals surface area contributed by atoms with Crippen LogP contribution >= 0.6 is 0 Å².